The molecule has 1 fully saturated rings. The highest BCUT2D eigenvalue weighted by molar-refractivity contribution is 6.30. The Balaban J connectivity index is 1.63. The van der Waals surface area contributed by atoms with Gasteiger partial charge in [0, 0.05) is 42.5 Å². The molecule has 1 aliphatic heterocycles. The third-order valence-corrected chi connectivity index (χ3v) is 6.15. The van der Waals surface area contributed by atoms with Crippen LogP contribution in [-0.4, -0.2) is 56.0 Å². The predicted octanol–water partition coefficient (Wildman–Crippen LogP) is 3.84. The molecule has 1 N–H and O–H groups in total. The maximum atomic E-state index is 13.3. The van der Waals surface area contributed by atoms with Crippen LogP contribution in [0.5, 0.6) is 5.75 Å². The van der Waals surface area contributed by atoms with E-state index >= 15 is 0 Å². The molecular weight excluding hydrogens is 414 g/mol. The van der Waals surface area contributed by atoms with Crippen LogP contribution in [0.4, 0.5) is 5.69 Å². The molecule has 2 amide bonds. The third-order valence-electron chi connectivity index (χ3n) is 5.90. The predicted molar refractivity (Wildman–Crippen MR) is 124 cm³/mol. The summed E-state index contributed by atoms with van der Waals surface area (Å²) in [5.41, 5.74) is 1.61. The molecule has 1 aliphatic rings. The smallest absolute Gasteiger partial charge is 0.251 e. The van der Waals surface area contributed by atoms with E-state index in [1.54, 1.807) is 31.4 Å². The number of anilines is 1. The van der Waals surface area contributed by atoms with Crippen molar-refractivity contribution >= 4 is 29.1 Å². The number of piperazine rings is 1. The van der Waals surface area contributed by atoms with Gasteiger partial charge in [-0.05, 0) is 54.4 Å². The van der Waals surface area contributed by atoms with Crippen LogP contribution in [0.3, 0.4) is 0 Å². The lowest BCUT2D eigenvalue weighted by Gasteiger charge is -2.38. The maximum absolute atomic E-state index is 13.3. The Hall–Kier alpha value is -2.73. The molecule has 7 heteroatoms. The van der Waals surface area contributed by atoms with Crippen LogP contribution < -0.4 is 15.0 Å². The average Bonchev–Trinajstić information content (AvgIpc) is 2.82. The Morgan fingerprint density at radius 1 is 1.03 bits per heavy atom. The second kappa shape index (κ2) is 10.5. The number of methoxy groups -OCH3 is 1. The van der Waals surface area contributed by atoms with Crippen molar-refractivity contribution in [2.24, 2.45) is 5.92 Å². The van der Waals surface area contributed by atoms with Crippen molar-refractivity contribution in [1.82, 2.24) is 10.2 Å². The average molecular weight is 444 g/mol. The molecular formula is C24H30ClN3O3. The van der Waals surface area contributed by atoms with Crippen molar-refractivity contribution in [3.63, 3.8) is 0 Å². The van der Waals surface area contributed by atoms with E-state index < -0.39 is 6.04 Å². The first-order chi connectivity index (χ1) is 14.9. The zero-order valence-corrected chi connectivity index (χ0v) is 19.1. The highest BCUT2D eigenvalue weighted by atomic mass is 35.5. The van der Waals surface area contributed by atoms with Gasteiger partial charge in [-0.25, -0.2) is 0 Å². The number of halogens is 1. The van der Waals surface area contributed by atoms with Gasteiger partial charge in [-0.1, -0.05) is 31.9 Å². The molecule has 31 heavy (non-hydrogen) atoms. The lowest BCUT2D eigenvalue weighted by Crippen LogP contribution is -2.56. The second-order valence-electron chi connectivity index (χ2n) is 7.85. The van der Waals surface area contributed by atoms with E-state index in [2.05, 4.69) is 10.2 Å². The number of ether oxygens (including phenoxy) is 1. The van der Waals surface area contributed by atoms with E-state index in [9.17, 15) is 9.59 Å². The van der Waals surface area contributed by atoms with Crippen molar-refractivity contribution in [3.05, 3.63) is 59.1 Å². The molecule has 0 radical (unpaired) electrons. The molecule has 2 unspecified atom stereocenters. The molecule has 1 saturated heterocycles. The van der Waals surface area contributed by atoms with E-state index in [1.165, 1.54) is 0 Å². The molecule has 2 aromatic rings. The standard InChI is InChI=1S/C24H30ClN3O3/c1-4-17(2)22(26-23(29)18-5-7-19(25)8-6-18)24(30)28-15-13-27(14-16-28)20-9-11-21(31-3)12-10-20/h5-12,17,22H,4,13-16H2,1-3H3,(H,26,29). The van der Waals surface area contributed by atoms with Crippen LogP contribution in [0.15, 0.2) is 48.5 Å². The summed E-state index contributed by atoms with van der Waals surface area (Å²) >= 11 is 5.92. The molecule has 0 spiro atoms. The molecule has 3 rings (SSSR count). The van der Waals surface area contributed by atoms with Crippen LogP contribution in [0.2, 0.25) is 5.02 Å². The second-order valence-corrected chi connectivity index (χ2v) is 8.29. The van der Waals surface area contributed by atoms with Gasteiger partial charge < -0.3 is 19.9 Å². The van der Waals surface area contributed by atoms with Gasteiger partial charge in [0.1, 0.15) is 11.8 Å². The Morgan fingerprint density at radius 3 is 2.19 bits per heavy atom. The number of nitrogens with zero attached hydrogens (tertiary/aromatic N) is 2. The minimum Gasteiger partial charge on any atom is -0.497 e. The topological polar surface area (TPSA) is 61.9 Å². The normalized spacial score (nSPS) is 15.9. The number of amides is 2. The van der Waals surface area contributed by atoms with Crippen LogP contribution in [0.25, 0.3) is 0 Å². The van der Waals surface area contributed by atoms with Gasteiger partial charge in [-0.2, -0.15) is 0 Å². The van der Waals surface area contributed by atoms with Gasteiger partial charge in [0.05, 0.1) is 7.11 Å². The first-order valence-electron chi connectivity index (χ1n) is 10.7. The Morgan fingerprint density at radius 2 is 1.65 bits per heavy atom. The SMILES string of the molecule is CCC(C)C(NC(=O)c1ccc(Cl)cc1)C(=O)N1CCN(c2ccc(OC)cc2)CC1. The lowest BCUT2D eigenvalue weighted by atomic mass is 9.97. The number of nitrogens with one attached hydrogen (secondary N) is 1. The van der Waals surface area contributed by atoms with Gasteiger partial charge in [0.15, 0.2) is 0 Å². The van der Waals surface area contributed by atoms with Crippen LogP contribution in [0.1, 0.15) is 30.6 Å². The summed E-state index contributed by atoms with van der Waals surface area (Å²) in [4.78, 5) is 30.1. The lowest BCUT2D eigenvalue weighted by molar-refractivity contribution is -0.134. The van der Waals surface area contributed by atoms with Crippen molar-refractivity contribution in [3.8, 4) is 5.75 Å². The summed E-state index contributed by atoms with van der Waals surface area (Å²) in [6.45, 7) is 6.76. The van der Waals surface area contributed by atoms with E-state index in [4.69, 9.17) is 16.3 Å². The van der Waals surface area contributed by atoms with Gasteiger partial charge >= 0.3 is 0 Å². The zero-order chi connectivity index (χ0) is 22.4. The van der Waals surface area contributed by atoms with Gasteiger partial charge in [0.2, 0.25) is 5.91 Å². The quantitative estimate of drug-likeness (QED) is 0.706. The minimum absolute atomic E-state index is 0.0222. The highest BCUT2D eigenvalue weighted by Crippen LogP contribution is 2.21. The van der Waals surface area contributed by atoms with Crippen LogP contribution in [0, 0.1) is 5.92 Å². The fourth-order valence-electron chi connectivity index (χ4n) is 3.68. The van der Waals surface area contributed by atoms with Crippen molar-refractivity contribution in [2.45, 2.75) is 26.3 Å². The highest BCUT2D eigenvalue weighted by Gasteiger charge is 2.32. The Bertz CT molecular complexity index is 878. The minimum atomic E-state index is -0.555. The fourth-order valence-corrected chi connectivity index (χ4v) is 3.81. The fraction of sp³-hybridized carbons (Fsp3) is 0.417. The van der Waals surface area contributed by atoms with E-state index in [0.29, 0.717) is 23.7 Å². The first-order valence-corrected chi connectivity index (χ1v) is 11.0. The molecule has 0 aromatic heterocycles. The summed E-state index contributed by atoms with van der Waals surface area (Å²) in [7, 11) is 1.65. The van der Waals surface area contributed by atoms with Gasteiger partial charge in [-0.3, -0.25) is 9.59 Å². The van der Waals surface area contributed by atoms with Crippen molar-refractivity contribution in [2.75, 3.05) is 38.2 Å². The van der Waals surface area contributed by atoms with Gasteiger partial charge in [0.25, 0.3) is 5.91 Å². The molecule has 0 saturated carbocycles. The monoisotopic (exact) mass is 443 g/mol. The Labute approximate surface area is 189 Å². The van der Waals surface area contributed by atoms with Gasteiger partial charge in [-0.15, -0.1) is 0 Å². The van der Waals surface area contributed by atoms with E-state index in [-0.39, 0.29) is 17.7 Å². The third kappa shape index (κ3) is 5.70. The molecule has 6 nitrogen and oxygen atoms in total. The molecule has 2 atom stereocenters. The summed E-state index contributed by atoms with van der Waals surface area (Å²) < 4.78 is 5.22. The van der Waals surface area contributed by atoms with Crippen LogP contribution in [-0.2, 0) is 4.79 Å². The number of hydrogen-bond donors (Lipinski definition) is 1. The summed E-state index contributed by atoms with van der Waals surface area (Å²) in [5.74, 6) is 0.576. The molecule has 166 valence electrons. The number of carbonyl (C=O) groups is 2. The largest absolute Gasteiger partial charge is 0.497 e. The van der Waals surface area contributed by atoms with E-state index in [1.807, 2.05) is 43.0 Å². The zero-order valence-electron chi connectivity index (χ0n) is 18.3. The van der Waals surface area contributed by atoms with Crippen molar-refractivity contribution in [1.29, 1.82) is 0 Å². The maximum Gasteiger partial charge on any atom is 0.251 e. The molecule has 0 aliphatic carbocycles. The van der Waals surface area contributed by atoms with E-state index in [0.717, 1.165) is 30.9 Å². The molecule has 2 aromatic carbocycles. The number of hydrogen-bond acceptors (Lipinski definition) is 4. The summed E-state index contributed by atoms with van der Waals surface area (Å²) in [6, 6.07) is 14.1. The first kappa shape index (κ1) is 22.9. The van der Waals surface area contributed by atoms with Crippen molar-refractivity contribution < 1.29 is 14.3 Å². The number of benzene rings is 2. The number of rotatable bonds is 7. The summed E-state index contributed by atoms with van der Waals surface area (Å²) in [6.07, 6.45) is 0.795. The Kier molecular flexibility index (Phi) is 7.80. The molecule has 1 heterocycles. The number of carbonyl (C=O) groups excluding carboxylic acids is 2. The van der Waals surface area contributed by atoms with Crippen LogP contribution >= 0.6 is 11.6 Å². The molecule has 0 bridgehead atoms. The summed E-state index contributed by atoms with van der Waals surface area (Å²) in [5, 5.41) is 3.53.